The number of hydrogen-bond acceptors (Lipinski definition) is 1. The van der Waals surface area contributed by atoms with E-state index in [2.05, 4.69) is 62.4 Å². The van der Waals surface area contributed by atoms with Gasteiger partial charge in [0, 0.05) is 10.9 Å². The van der Waals surface area contributed by atoms with Gasteiger partial charge in [0.1, 0.15) is 0 Å². The molecular weight excluding hydrogens is 302 g/mol. The Balaban J connectivity index is 1.56. The highest BCUT2D eigenvalue weighted by atomic mass is 15.1. The Morgan fingerprint density at radius 2 is 1.68 bits per heavy atom. The van der Waals surface area contributed by atoms with Crippen LogP contribution in [0.5, 0.6) is 0 Å². The number of nitrogens with zero attached hydrogens (tertiary/aromatic N) is 1. The van der Waals surface area contributed by atoms with E-state index in [9.17, 15) is 0 Å². The maximum absolute atomic E-state index is 5.23. The monoisotopic (exact) mass is 323 g/mol. The Bertz CT molecular complexity index is 1080. The molecule has 0 saturated heterocycles. The van der Waals surface area contributed by atoms with E-state index in [-0.39, 0.29) is 0 Å². The van der Waals surface area contributed by atoms with Gasteiger partial charge in [-0.15, -0.1) is 0 Å². The fourth-order valence-corrected chi connectivity index (χ4v) is 6.54. The maximum Gasteiger partial charge on any atom is 0.0747 e. The lowest BCUT2D eigenvalue weighted by atomic mass is 9.84. The molecule has 1 heteroatoms. The largest absolute Gasteiger partial charge is 0.247 e. The Morgan fingerprint density at radius 1 is 0.920 bits per heavy atom. The molecular formula is C24H21N. The first-order valence-corrected chi connectivity index (χ1v) is 9.75. The van der Waals surface area contributed by atoms with Gasteiger partial charge in [-0.05, 0) is 64.2 Å². The predicted octanol–water partition coefficient (Wildman–Crippen LogP) is 5.54. The highest BCUT2D eigenvalue weighted by Crippen LogP contribution is 3.12. The summed E-state index contributed by atoms with van der Waals surface area (Å²) in [5, 5.41) is 1.52. The molecule has 122 valence electrons. The summed E-state index contributed by atoms with van der Waals surface area (Å²) in [5.41, 5.74) is 9.39. The van der Waals surface area contributed by atoms with Gasteiger partial charge in [-0.3, -0.25) is 0 Å². The van der Waals surface area contributed by atoms with E-state index in [0.29, 0.717) is 5.92 Å². The van der Waals surface area contributed by atoms with E-state index >= 15 is 0 Å². The first kappa shape index (κ1) is 13.1. The zero-order chi connectivity index (χ0) is 16.5. The van der Waals surface area contributed by atoms with Crippen molar-refractivity contribution in [1.82, 2.24) is 4.98 Å². The lowest BCUT2D eigenvalue weighted by molar-refractivity contribution is 0.648. The van der Waals surface area contributed by atoms with Gasteiger partial charge in [0.15, 0.2) is 0 Å². The van der Waals surface area contributed by atoms with Gasteiger partial charge in [-0.1, -0.05) is 56.3 Å². The minimum absolute atomic E-state index is 0.686. The quantitative estimate of drug-likeness (QED) is 0.616. The molecule has 0 bridgehead atoms. The van der Waals surface area contributed by atoms with E-state index in [1.54, 1.807) is 11.1 Å². The first-order chi connectivity index (χ1) is 12.2. The van der Waals surface area contributed by atoms with Crippen LogP contribution in [0.4, 0.5) is 0 Å². The summed E-state index contributed by atoms with van der Waals surface area (Å²) in [6, 6.07) is 17.7. The molecule has 5 atom stereocenters. The maximum atomic E-state index is 5.23. The van der Waals surface area contributed by atoms with Gasteiger partial charge in [0.25, 0.3) is 0 Å². The van der Waals surface area contributed by atoms with E-state index < -0.39 is 0 Å². The first-order valence-electron chi connectivity index (χ1n) is 9.75. The molecule has 25 heavy (non-hydrogen) atoms. The highest BCUT2D eigenvalue weighted by molar-refractivity contribution is 5.96. The number of benzene rings is 2. The van der Waals surface area contributed by atoms with Crippen LogP contribution in [0, 0.1) is 23.2 Å². The van der Waals surface area contributed by atoms with Crippen LogP contribution in [-0.2, 0) is 6.42 Å². The Kier molecular flexibility index (Phi) is 2.00. The van der Waals surface area contributed by atoms with Crippen molar-refractivity contribution >= 4 is 10.9 Å². The number of aromatic nitrogens is 1. The molecule has 2 aromatic carbocycles. The van der Waals surface area contributed by atoms with Gasteiger partial charge >= 0.3 is 0 Å². The van der Waals surface area contributed by atoms with E-state index in [0.717, 1.165) is 35.5 Å². The topological polar surface area (TPSA) is 12.9 Å². The minimum atomic E-state index is 0.686. The summed E-state index contributed by atoms with van der Waals surface area (Å²) < 4.78 is 0. The molecule has 1 nitrogen and oxygen atoms in total. The SMILES string of the molecule is CC(C)Cc1cccc2nc(-c3ccccc3)c3c(c12)C1C2C4C3C142. The highest BCUT2D eigenvalue weighted by Gasteiger charge is 3.06. The molecule has 1 aromatic heterocycles. The molecule has 3 aromatic rings. The molecule has 5 unspecified atom stereocenters. The summed E-state index contributed by atoms with van der Waals surface area (Å²) in [7, 11) is 0. The van der Waals surface area contributed by atoms with Gasteiger partial charge in [0.05, 0.1) is 11.2 Å². The molecule has 1 heterocycles. The van der Waals surface area contributed by atoms with Gasteiger partial charge in [-0.25, -0.2) is 4.98 Å². The van der Waals surface area contributed by atoms with Crippen LogP contribution in [0.2, 0.25) is 0 Å². The van der Waals surface area contributed by atoms with Crippen molar-refractivity contribution in [2.45, 2.75) is 32.1 Å². The number of fused-ring (bicyclic) bond motifs is 8. The molecule has 4 aliphatic rings. The molecule has 7 rings (SSSR count). The molecule has 1 spiro atoms. The lowest BCUT2D eigenvalue weighted by Crippen LogP contribution is -2.08. The van der Waals surface area contributed by atoms with Crippen LogP contribution in [0.1, 0.15) is 42.4 Å². The second-order valence-corrected chi connectivity index (χ2v) is 9.07. The van der Waals surface area contributed by atoms with Crippen molar-refractivity contribution in [3.05, 3.63) is 65.2 Å². The van der Waals surface area contributed by atoms with E-state index in [1.165, 1.54) is 27.7 Å². The average molecular weight is 323 g/mol. The molecule has 0 N–H and O–H groups in total. The van der Waals surface area contributed by atoms with Crippen molar-refractivity contribution < 1.29 is 0 Å². The zero-order valence-corrected chi connectivity index (χ0v) is 14.7. The van der Waals surface area contributed by atoms with Crippen LogP contribution >= 0.6 is 0 Å². The third-order valence-corrected chi connectivity index (χ3v) is 7.48. The Labute approximate surface area is 148 Å². The minimum Gasteiger partial charge on any atom is -0.247 e. The number of hydrogen-bond donors (Lipinski definition) is 0. The van der Waals surface area contributed by atoms with E-state index in [4.69, 9.17) is 4.98 Å². The van der Waals surface area contributed by atoms with Crippen LogP contribution in [0.25, 0.3) is 22.2 Å². The van der Waals surface area contributed by atoms with Crippen molar-refractivity contribution in [3.63, 3.8) is 0 Å². The van der Waals surface area contributed by atoms with Crippen molar-refractivity contribution in [1.29, 1.82) is 0 Å². The summed E-state index contributed by atoms with van der Waals surface area (Å²) in [6.45, 7) is 4.65. The van der Waals surface area contributed by atoms with Gasteiger partial charge in [-0.2, -0.15) is 0 Å². The van der Waals surface area contributed by atoms with Gasteiger partial charge < -0.3 is 0 Å². The summed E-state index contributed by atoms with van der Waals surface area (Å²) in [4.78, 5) is 5.23. The van der Waals surface area contributed by atoms with E-state index in [1.807, 2.05) is 0 Å². The van der Waals surface area contributed by atoms with Crippen LogP contribution < -0.4 is 0 Å². The van der Waals surface area contributed by atoms with Crippen LogP contribution in [0.15, 0.2) is 48.5 Å². The average Bonchev–Trinajstić information content (AvgIpc) is 3.54. The summed E-state index contributed by atoms with van der Waals surface area (Å²) in [6.07, 6.45) is 1.16. The Hall–Kier alpha value is -2.15. The predicted molar refractivity (Wildman–Crippen MR) is 101 cm³/mol. The van der Waals surface area contributed by atoms with Crippen LogP contribution in [-0.4, -0.2) is 4.98 Å². The second-order valence-electron chi connectivity index (χ2n) is 9.07. The van der Waals surface area contributed by atoms with Crippen molar-refractivity contribution in [2.24, 2.45) is 23.2 Å². The number of rotatable bonds is 3. The Morgan fingerprint density at radius 3 is 2.44 bits per heavy atom. The summed E-state index contributed by atoms with van der Waals surface area (Å²) >= 11 is 0. The molecule has 0 aliphatic heterocycles. The lowest BCUT2D eigenvalue weighted by Gasteiger charge is -2.22. The van der Waals surface area contributed by atoms with Gasteiger partial charge in [0.2, 0.25) is 0 Å². The third-order valence-electron chi connectivity index (χ3n) is 7.48. The van der Waals surface area contributed by atoms with Crippen LogP contribution in [0.3, 0.4) is 0 Å². The standard InChI is InChI=1S/C24H21N/c1-12(2)11-14-9-6-10-15-16(14)17-18(20-22-21-19(17)24(20,21)22)23(25-15)13-7-4-3-5-8-13/h3-10,12,19-22H,11H2,1-2H3. The normalized spacial score (nSPS) is 34.7. The van der Waals surface area contributed by atoms with Crippen molar-refractivity contribution in [2.75, 3.05) is 0 Å². The second kappa shape index (κ2) is 3.82. The zero-order valence-electron chi connectivity index (χ0n) is 14.7. The molecule has 0 amide bonds. The molecule has 3 saturated carbocycles. The fourth-order valence-electron chi connectivity index (χ4n) is 6.54. The summed E-state index contributed by atoms with van der Waals surface area (Å²) in [5.74, 6) is 4.48. The molecule has 0 radical (unpaired) electrons. The third kappa shape index (κ3) is 1.29. The molecule has 3 fully saturated rings. The number of pyridine rings is 1. The van der Waals surface area contributed by atoms with Crippen molar-refractivity contribution in [3.8, 4) is 11.3 Å². The molecule has 4 aliphatic carbocycles. The smallest absolute Gasteiger partial charge is 0.0747 e. The fraction of sp³-hybridized carbons (Fsp3) is 0.375.